The maximum atomic E-state index is 14.4. The molecule has 8 aromatic heterocycles. The van der Waals surface area contributed by atoms with Gasteiger partial charge in [0.2, 0.25) is 23.8 Å². The fourth-order valence-electron chi connectivity index (χ4n) is 10.9. The van der Waals surface area contributed by atoms with Crippen molar-refractivity contribution >= 4 is 123 Å². The van der Waals surface area contributed by atoms with Crippen LogP contribution in [0.3, 0.4) is 0 Å². The van der Waals surface area contributed by atoms with Crippen LogP contribution in [0.25, 0.3) is 86.4 Å². The van der Waals surface area contributed by atoms with Gasteiger partial charge in [0.15, 0.2) is 92.8 Å². The number of rotatable bonds is 26. The van der Waals surface area contributed by atoms with Crippen molar-refractivity contribution < 1.29 is 119 Å². The van der Waals surface area contributed by atoms with Crippen LogP contribution in [0.2, 0.25) is 0 Å². The number of fused-ring (bicyclic) bond motifs is 4. The molecule has 0 spiro atoms. The number of aliphatic hydroxyl groups is 5. The lowest BCUT2D eigenvalue weighted by molar-refractivity contribution is -0.0648. The third kappa shape index (κ3) is 14.0. The Morgan fingerprint density at radius 3 is 0.911 bits per heavy atom. The van der Waals surface area contributed by atoms with Crippen LogP contribution in [0.5, 0.6) is 0 Å². The number of phosphoric acid groups is 4. The van der Waals surface area contributed by atoms with Gasteiger partial charge in [0.25, 0.3) is 0 Å². The summed E-state index contributed by atoms with van der Waals surface area (Å²) >= 11 is 0. The van der Waals surface area contributed by atoms with E-state index in [1.165, 1.54) is 0 Å². The van der Waals surface area contributed by atoms with Gasteiger partial charge in [-0.25, -0.2) is 78.1 Å². The number of hydrogen-bond acceptors (Lipinski definition) is 40. The minimum atomic E-state index is -5.92. The maximum absolute atomic E-state index is 14.4. The average molecular weight is 1500 g/mol. The first-order valence-electron chi connectivity index (χ1n) is 27.8. The third-order valence-electron chi connectivity index (χ3n) is 15.2. The van der Waals surface area contributed by atoms with Crippen molar-refractivity contribution in [2.45, 2.75) is 98.2 Å². The average Bonchev–Trinajstić information content (AvgIpc) is 1.62. The Morgan fingerprint density at radius 2 is 0.644 bits per heavy atom. The molecule has 18 N–H and O–H groups in total. The summed E-state index contributed by atoms with van der Waals surface area (Å²) in [6.07, 6.45) is -29.8. The van der Waals surface area contributed by atoms with E-state index in [1.54, 1.807) is 0 Å². The zero-order chi connectivity index (χ0) is 72.4. The highest BCUT2D eigenvalue weighted by molar-refractivity contribution is 7.48. The molecule has 61 heteroatoms. The highest BCUT2D eigenvalue weighted by Gasteiger charge is 2.56. The van der Waals surface area contributed by atoms with Gasteiger partial charge in [-0.2, -0.15) is 0 Å². The van der Waals surface area contributed by atoms with Crippen LogP contribution in [0.4, 0.5) is 47.1 Å². The highest BCUT2D eigenvalue weighted by atomic mass is 31.2. The lowest BCUT2D eigenvalue weighted by Crippen LogP contribution is -2.37. The smallest absolute Gasteiger partial charge is 0.387 e. The van der Waals surface area contributed by atoms with Gasteiger partial charge in [0.05, 0.1) is 26.4 Å². The molecular weight excluding hydrogens is 1450 g/mol. The van der Waals surface area contributed by atoms with Crippen molar-refractivity contribution in [3.05, 3.63) is 67.1 Å². The van der Waals surface area contributed by atoms with Crippen LogP contribution < -0.4 is 22.9 Å². The Labute approximate surface area is 553 Å². The molecule has 19 atom stereocenters. The normalized spacial score (nSPS) is 28.5. The fraction of sp³-hybridized carbons (Fsp3) is 0.500. The lowest BCUT2D eigenvalue weighted by Gasteiger charge is -2.26. The van der Waals surface area contributed by atoms with E-state index in [2.05, 4.69) is 104 Å². The first kappa shape index (κ1) is 71.5. The largest absolute Gasteiger partial charge is 0.472 e. The second-order valence-corrected chi connectivity index (χ2v) is 26.6. The molecule has 0 amide bonds. The monoisotopic (exact) mass is 1500 g/mol. The third-order valence-corrected chi connectivity index (χ3v) is 18.6. The molecule has 8 aromatic rings. The van der Waals surface area contributed by atoms with Crippen molar-refractivity contribution in [2.75, 3.05) is 49.4 Å². The van der Waals surface area contributed by atoms with Gasteiger partial charge in [0.1, 0.15) is 98.6 Å². The molecule has 0 aliphatic carbocycles. The molecule has 0 aromatic carbocycles. The van der Waals surface area contributed by atoms with E-state index in [9.17, 15) is 90.4 Å². The van der Waals surface area contributed by atoms with Gasteiger partial charge in [-0.05, 0) is 42.6 Å². The van der Waals surface area contributed by atoms with E-state index in [1.807, 2.05) is 0 Å². The fourth-order valence-corrected chi connectivity index (χ4v) is 14.0. The number of azide groups is 4. The zero-order valence-electron chi connectivity index (χ0n) is 49.6. The second kappa shape index (κ2) is 27.9. The predicted octanol–water partition coefficient (Wildman–Crippen LogP) is -0.548. The molecule has 536 valence electrons. The predicted molar refractivity (Wildman–Crippen MR) is 320 cm³/mol. The van der Waals surface area contributed by atoms with E-state index >= 15 is 0 Å². The summed E-state index contributed by atoms with van der Waals surface area (Å²) in [4.78, 5) is 112. The molecule has 4 saturated heterocycles. The van der Waals surface area contributed by atoms with Gasteiger partial charge < -0.3 is 91.9 Å². The molecule has 8 unspecified atom stereocenters. The van der Waals surface area contributed by atoms with Crippen molar-refractivity contribution in [3.8, 4) is 0 Å². The molecular formula is C40H46N32O25P4. The Morgan fingerprint density at radius 1 is 0.396 bits per heavy atom. The van der Waals surface area contributed by atoms with Crippen molar-refractivity contribution in [2.24, 2.45) is 20.5 Å². The van der Waals surface area contributed by atoms with Crippen LogP contribution in [-0.4, -0.2) is 228 Å². The minimum absolute atomic E-state index is 0.118. The number of phosphoric ester groups is 4. The molecule has 0 radical (unpaired) electrons. The van der Waals surface area contributed by atoms with Gasteiger partial charge in [-0.3, -0.25) is 49.9 Å². The number of aromatic nitrogens is 16. The molecule has 12 rings (SSSR count). The molecule has 12 heterocycles. The minimum Gasteiger partial charge on any atom is -0.387 e. The molecule has 4 aliphatic heterocycles. The summed E-state index contributed by atoms with van der Waals surface area (Å²) < 4.78 is 118. The van der Waals surface area contributed by atoms with Crippen LogP contribution in [0.15, 0.2) is 45.8 Å². The van der Waals surface area contributed by atoms with Gasteiger partial charge in [0, 0.05) is 19.6 Å². The van der Waals surface area contributed by atoms with E-state index < -0.39 is 185 Å². The summed E-state index contributed by atoms with van der Waals surface area (Å²) in [5.74, 6) is -3.72. The number of nitrogens with two attached hydrogens (primary N) is 4. The summed E-state index contributed by atoms with van der Waals surface area (Å²) in [7, 11) is -22.8. The number of nitrogens with zero attached hydrogens (tertiary/aromatic N) is 28. The first-order valence-corrected chi connectivity index (χ1v) is 33.8. The number of anilines is 4. The number of hydrogen-bond donors (Lipinski definition) is 14. The summed E-state index contributed by atoms with van der Waals surface area (Å²) in [6.45, 7) is -4.95. The summed E-state index contributed by atoms with van der Waals surface area (Å²) in [5.41, 5.74) is 59.6. The van der Waals surface area contributed by atoms with Gasteiger partial charge >= 0.3 is 31.3 Å². The molecule has 0 saturated carbocycles. The number of nitrogen functional groups attached to an aromatic ring is 4. The van der Waals surface area contributed by atoms with E-state index in [0.29, 0.717) is 0 Å². The number of ether oxygens (including phenoxy) is 4. The van der Waals surface area contributed by atoms with Gasteiger partial charge in [-0.1, -0.05) is 0 Å². The van der Waals surface area contributed by atoms with E-state index in [0.717, 1.165) is 43.6 Å². The van der Waals surface area contributed by atoms with Crippen molar-refractivity contribution in [1.29, 1.82) is 0 Å². The topological polar surface area (TPSA) is 846 Å². The molecule has 57 nitrogen and oxygen atoms in total. The zero-order valence-corrected chi connectivity index (χ0v) is 53.2. The SMILES string of the molecule is [N-]=[N+]=Nc1nc2c(N)ncnc2n1C1O[C@H](COP(=O)(O)O)[C@@H](O)C1OP(=O)(O)OC[C@H]1OC(n2c(N=[N+]=[N-])nc3c(N)ncnc32)[C@H](OP(=O)(O)OC[C@H]2OC(n3c(N=[N+]=[N-])nc4c(N)ncnc43)[C@H](OP(=O)(O)OC[C@H]3OC(n4c(N=[N+]=[N-])nc5c(N)ncnc54)[C@H](O)[C@@H]3O)[C@@H]2O)[C@@H]1O. The summed E-state index contributed by atoms with van der Waals surface area (Å²) in [5, 5.41) is 71.7. The van der Waals surface area contributed by atoms with E-state index in [-0.39, 0.29) is 62.3 Å². The van der Waals surface area contributed by atoms with Crippen LogP contribution in [0.1, 0.15) is 24.9 Å². The quantitative estimate of drug-likeness (QED) is 0.0140. The van der Waals surface area contributed by atoms with Crippen molar-refractivity contribution in [3.63, 3.8) is 0 Å². The van der Waals surface area contributed by atoms with E-state index in [4.69, 9.17) is 69.0 Å². The summed E-state index contributed by atoms with van der Waals surface area (Å²) in [6, 6.07) is 0. The number of imidazole rings is 4. The molecule has 4 fully saturated rings. The molecule has 0 bridgehead atoms. The van der Waals surface area contributed by atoms with Crippen LogP contribution in [-0.2, 0) is 68.9 Å². The highest BCUT2D eigenvalue weighted by Crippen LogP contribution is 2.56. The second-order valence-electron chi connectivity index (χ2n) is 21.1. The molecule has 4 aliphatic rings. The van der Waals surface area contributed by atoms with Crippen molar-refractivity contribution in [1.82, 2.24) is 78.1 Å². The Hall–Kier alpha value is -9.28. The molecule has 101 heavy (non-hydrogen) atoms. The Kier molecular flexibility index (Phi) is 19.8. The van der Waals surface area contributed by atoms with Gasteiger partial charge in [-0.15, -0.1) is 0 Å². The first-order chi connectivity index (χ1) is 48.0. The Bertz CT molecular complexity index is 4960. The number of aliphatic hydroxyl groups excluding tert-OH is 5. The maximum Gasteiger partial charge on any atom is 0.472 e. The van der Waals surface area contributed by atoms with Crippen LogP contribution >= 0.6 is 31.3 Å². The van der Waals surface area contributed by atoms with Crippen LogP contribution in [0, 0.1) is 0 Å². The lowest BCUT2D eigenvalue weighted by atomic mass is 10.1. The Balaban J connectivity index is 0.804. The standard InChI is InChI=1S/C40H46N32O25P4/c41-25-13-29(53-5-49-25)69(37(57-13)61-65-45)33-21(77)17(73)9(91-33)2-88-99(81,82)96-23-19(75)11(93-35(23)71-31-15(27(43)51-7-55-31)59-39(71)63-67-47)4-90-101(85,86)97-24-20(76)12(94-36(24)72-32-16(28(44)52-8-56-32)60-40(72)64-68-48)3-89-100(83,84)95-22-18(74)10(1-87-98(78,79)80)92-34(22)70-30-14(26(42)50-6-54-30)58-38(70)62-66-46/h5-12,17-24,33-36,73-77H,1-4H2,(H,81,82)(H,83,84)(H,85,86)(H2,41,49,53)(H2,42,50,54)(H2,43,51,55)(H2,44,52,56)(H2,78,79,80)/t9-,10-,11-,12-,17-,18-,19-,20-,21-,22?,23-,24-,33?,34?,35?,36?/m1/s1.